The molecule has 2 aromatic rings. The minimum Gasteiger partial charge on any atom is -0.355 e. The lowest BCUT2D eigenvalue weighted by molar-refractivity contribution is -0.141. The van der Waals surface area contributed by atoms with E-state index in [4.69, 9.17) is 4.52 Å². The van der Waals surface area contributed by atoms with Crippen LogP contribution in [0.4, 0.5) is 19.0 Å². The highest BCUT2D eigenvalue weighted by molar-refractivity contribution is 5.55. The number of halogens is 3. The smallest absolute Gasteiger partial charge is 0.355 e. The van der Waals surface area contributed by atoms with Gasteiger partial charge in [-0.1, -0.05) is 5.16 Å². The fourth-order valence-electron chi connectivity index (χ4n) is 2.80. The van der Waals surface area contributed by atoms with Crippen molar-refractivity contribution in [2.75, 3.05) is 18.0 Å². The van der Waals surface area contributed by atoms with E-state index in [1.807, 2.05) is 6.07 Å². The highest BCUT2D eigenvalue weighted by Crippen LogP contribution is 2.33. The summed E-state index contributed by atoms with van der Waals surface area (Å²) < 4.78 is 43.7. The van der Waals surface area contributed by atoms with Crippen LogP contribution in [0, 0.1) is 18.3 Å². The molecule has 2 aromatic heterocycles. The Hall–Kier alpha value is -2.63. The summed E-state index contributed by atoms with van der Waals surface area (Å²) in [7, 11) is 0. The Morgan fingerprint density at radius 1 is 1.33 bits per heavy atom. The van der Waals surface area contributed by atoms with Gasteiger partial charge in [0.15, 0.2) is 5.82 Å². The molecule has 3 heterocycles. The summed E-state index contributed by atoms with van der Waals surface area (Å²) in [5.74, 6) is 0.955. The van der Waals surface area contributed by atoms with E-state index in [1.54, 1.807) is 11.8 Å². The summed E-state index contributed by atoms with van der Waals surface area (Å²) in [6.07, 6.45) is -3.01. The highest BCUT2D eigenvalue weighted by Gasteiger charge is 2.34. The fourth-order valence-corrected chi connectivity index (χ4v) is 2.80. The maximum Gasteiger partial charge on any atom is 0.433 e. The van der Waals surface area contributed by atoms with Gasteiger partial charge in [-0.25, -0.2) is 4.98 Å². The Morgan fingerprint density at radius 3 is 2.75 bits per heavy atom. The molecule has 0 saturated carbocycles. The number of pyridine rings is 1. The third kappa shape index (κ3) is 3.18. The number of aromatic nitrogens is 3. The molecule has 1 aliphatic rings. The van der Waals surface area contributed by atoms with Gasteiger partial charge in [0.05, 0.1) is 5.56 Å². The molecule has 0 bridgehead atoms. The maximum atomic E-state index is 12.9. The largest absolute Gasteiger partial charge is 0.433 e. The fraction of sp³-hybridized carbons (Fsp3) is 0.467. The van der Waals surface area contributed by atoms with Crippen LogP contribution in [0.25, 0.3) is 0 Å². The van der Waals surface area contributed by atoms with Crippen LogP contribution in [0.3, 0.4) is 0 Å². The Kier molecular flexibility index (Phi) is 4.13. The van der Waals surface area contributed by atoms with Gasteiger partial charge in [-0.05, 0) is 25.0 Å². The number of hydrogen-bond acceptors (Lipinski definition) is 6. The molecule has 1 saturated heterocycles. The molecule has 1 fully saturated rings. The molecule has 0 radical (unpaired) electrons. The lowest BCUT2D eigenvalue weighted by atomic mass is 9.97. The van der Waals surface area contributed by atoms with Crippen LogP contribution < -0.4 is 4.90 Å². The number of piperidine rings is 1. The van der Waals surface area contributed by atoms with Crippen LogP contribution in [0.5, 0.6) is 0 Å². The quantitative estimate of drug-likeness (QED) is 0.838. The van der Waals surface area contributed by atoms with Crippen LogP contribution in [0.1, 0.15) is 41.7 Å². The molecule has 126 valence electrons. The minimum atomic E-state index is -4.55. The normalized spacial score (nSPS) is 18.5. The van der Waals surface area contributed by atoms with Crippen molar-refractivity contribution in [1.29, 1.82) is 5.26 Å². The van der Waals surface area contributed by atoms with E-state index in [-0.39, 0.29) is 17.3 Å². The van der Waals surface area contributed by atoms with Gasteiger partial charge in [0.1, 0.15) is 17.6 Å². The number of aryl methyl sites for hydroxylation is 1. The van der Waals surface area contributed by atoms with E-state index in [9.17, 15) is 18.4 Å². The van der Waals surface area contributed by atoms with Crippen LogP contribution >= 0.6 is 0 Å². The molecule has 0 aromatic carbocycles. The lowest BCUT2D eigenvalue weighted by Crippen LogP contribution is -2.36. The Balaban J connectivity index is 1.91. The Bertz CT molecular complexity index is 780. The first-order valence-electron chi connectivity index (χ1n) is 7.42. The van der Waals surface area contributed by atoms with Crippen LogP contribution in [-0.2, 0) is 6.18 Å². The average molecular weight is 337 g/mol. The van der Waals surface area contributed by atoms with Crippen molar-refractivity contribution >= 4 is 5.82 Å². The van der Waals surface area contributed by atoms with Gasteiger partial charge < -0.3 is 9.42 Å². The van der Waals surface area contributed by atoms with Gasteiger partial charge in [-0.3, -0.25) is 0 Å². The second-order valence-electron chi connectivity index (χ2n) is 5.63. The molecule has 1 aliphatic heterocycles. The van der Waals surface area contributed by atoms with Crippen molar-refractivity contribution in [1.82, 2.24) is 15.1 Å². The molecule has 6 nitrogen and oxygen atoms in total. The number of nitriles is 1. The first-order valence-corrected chi connectivity index (χ1v) is 7.42. The first-order chi connectivity index (χ1) is 11.4. The highest BCUT2D eigenvalue weighted by atomic mass is 19.4. The maximum absolute atomic E-state index is 12.9. The molecule has 1 unspecified atom stereocenters. The zero-order chi connectivity index (χ0) is 17.3. The summed E-state index contributed by atoms with van der Waals surface area (Å²) in [4.78, 5) is 9.57. The van der Waals surface area contributed by atoms with Crippen molar-refractivity contribution in [2.24, 2.45) is 0 Å². The van der Waals surface area contributed by atoms with E-state index in [1.165, 1.54) is 0 Å². The van der Waals surface area contributed by atoms with Crippen molar-refractivity contribution < 1.29 is 17.7 Å². The molecule has 0 aliphatic carbocycles. The zero-order valence-corrected chi connectivity index (χ0v) is 12.8. The molecule has 0 N–H and O–H groups in total. The molecule has 0 spiro atoms. The van der Waals surface area contributed by atoms with E-state index in [2.05, 4.69) is 15.1 Å². The van der Waals surface area contributed by atoms with Gasteiger partial charge in [0.25, 0.3) is 0 Å². The first kappa shape index (κ1) is 16.2. The van der Waals surface area contributed by atoms with E-state index < -0.39 is 11.9 Å². The van der Waals surface area contributed by atoms with Crippen LogP contribution in [-0.4, -0.2) is 28.2 Å². The molecule has 1 atom stereocenters. The number of alkyl halides is 3. The summed E-state index contributed by atoms with van der Waals surface area (Å²) in [6.45, 7) is 2.59. The predicted molar refractivity (Wildman–Crippen MR) is 77.2 cm³/mol. The van der Waals surface area contributed by atoms with Crippen molar-refractivity contribution in [3.63, 3.8) is 0 Å². The van der Waals surface area contributed by atoms with Crippen molar-refractivity contribution in [3.8, 4) is 6.07 Å². The molecule has 9 heteroatoms. The van der Waals surface area contributed by atoms with E-state index in [0.717, 1.165) is 25.0 Å². The number of nitrogens with zero attached hydrogens (tertiary/aromatic N) is 5. The number of hydrogen-bond donors (Lipinski definition) is 0. The monoisotopic (exact) mass is 337 g/mol. The number of anilines is 1. The summed E-state index contributed by atoms with van der Waals surface area (Å²) in [5.41, 5.74) is -0.887. The predicted octanol–water partition coefficient (Wildman–Crippen LogP) is 3.05. The molecular formula is C15H14F3N5O. The third-order valence-electron chi connectivity index (χ3n) is 3.92. The molecule has 24 heavy (non-hydrogen) atoms. The lowest BCUT2D eigenvalue weighted by Gasteiger charge is -2.32. The van der Waals surface area contributed by atoms with E-state index >= 15 is 0 Å². The Morgan fingerprint density at radius 2 is 2.12 bits per heavy atom. The number of rotatable bonds is 2. The second-order valence-corrected chi connectivity index (χ2v) is 5.63. The second kappa shape index (κ2) is 6.11. The summed E-state index contributed by atoms with van der Waals surface area (Å²) in [5, 5.41) is 13.1. The topological polar surface area (TPSA) is 78.8 Å². The van der Waals surface area contributed by atoms with Gasteiger partial charge in [-0.2, -0.15) is 23.4 Å². The van der Waals surface area contributed by atoms with E-state index in [0.29, 0.717) is 24.8 Å². The van der Waals surface area contributed by atoms with Crippen LogP contribution in [0.15, 0.2) is 16.7 Å². The Labute approximate surface area is 135 Å². The summed E-state index contributed by atoms with van der Waals surface area (Å²) >= 11 is 0. The zero-order valence-electron chi connectivity index (χ0n) is 12.8. The van der Waals surface area contributed by atoms with Crippen LogP contribution in [0.2, 0.25) is 0 Å². The minimum absolute atomic E-state index is 0.0530. The van der Waals surface area contributed by atoms with Crippen molar-refractivity contribution in [3.05, 3.63) is 35.1 Å². The SMILES string of the molecule is Cc1nc(C2CCCN(c3nc(C(F)(F)F)ccc3C#N)C2)no1. The standard InChI is InChI=1S/C15H14F3N5O/c1-9-20-13(22-24-9)11-3-2-6-23(8-11)14-10(7-19)4-5-12(21-14)15(16,17)18/h4-5,11H,2-3,6,8H2,1H3. The molecule has 0 amide bonds. The van der Waals surface area contributed by atoms with Gasteiger partial charge >= 0.3 is 6.18 Å². The van der Waals surface area contributed by atoms with Gasteiger partial charge in [0.2, 0.25) is 5.89 Å². The van der Waals surface area contributed by atoms with Gasteiger partial charge in [0, 0.05) is 25.9 Å². The molecular weight excluding hydrogens is 323 g/mol. The van der Waals surface area contributed by atoms with Gasteiger partial charge in [-0.15, -0.1) is 0 Å². The average Bonchev–Trinajstić information content (AvgIpc) is 3.00. The summed E-state index contributed by atoms with van der Waals surface area (Å²) in [6, 6.07) is 3.89. The van der Waals surface area contributed by atoms with Crippen molar-refractivity contribution in [2.45, 2.75) is 31.9 Å². The third-order valence-corrected chi connectivity index (χ3v) is 3.92. The molecule has 3 rings (SSSR count).